The number of aromatic amines is 1. The molecule has 0 fully saturated rings. The highest BCUT2D eigenvalue weighted by Gasteiger charge is 2.05. The Bertz CT molecular complexity index is 743. The number of nitrogens with one attached hydrogen (secondary N) is 1. The average molecular weight is 228 g/mol. The van der Waals surface area contributed by atoms with Crippen molar-refractivity contribution in [2.45, 2.75) is 0 Å². The summed E-state index contributed by atoms with van der Waals surface area (Å²) in [6, 6.07) is 10.6. The third-order valence-electron chi connectivity index (χ3n) is 2.54. The van der Waals surface area contributed by atoms with Crippen molar-refractivity contribution in [3.8, 4) is 17.1 Å². The van der Waals surface area contributed by atoms with E-state index in [2.05, 4.69) is 14.7 Å². The number of phenolic OH excluding ortho intramolecular Hbond substituents is 1. The van der Waals surface area contributed by atoms with Crippen LogP contribution in [0.2, 0.25) is 0 Å². The summed E-state index contributed by atoms with van der Waals surface area (Å²) in [5.74, 6) is 0.0378. The van der Waals surface area contributed by atoms with Crippen molar-refractivity contribution < 1.29 is 9.63 Å². The molecule has 0 amide bonds. The van der Waals surface area contributed by atoms with Crippen LogP contribution in [0.5, 0.6) is 5.75 Å². The van der Waals surface area contributed by atoms with Crippen molar-refractivity contribution in [2.75, 3.05) is 0 Å². The number of fused-ring (bicyclic) bond motifs is 1. The predicted octanol–water partition coefficient (Wildman–Crippen LogP) is 1.89. The number of benzene rings is 2. The molecule has 3 rings (SSSR count). The molecule has 0 radical (unpaired) electrons. The molecule has 0 aliphatic rings. The minimum atomic E-state index is -0.578. The van der Waals surface area contributed by atoms with E-state index in [1.807, 2.05) is 12.1 Å². The fourth-order valence-corrected chi connectivity index (χ4v) is 1.73. The molecule has 1 heterocycles. The summed E-state index contributed by atoms with van der Waals surface area (Å²) < 4.78 is 4.45. The number of aromatic hydroxyl groups is 1. The second-order valence-electron chi connectivity index (χ2n) is 3.69. The Kier molecular flexibility index (Phi) is 1.98. The second kappa shape index (κ2) is 3.48. The molecule has 0 saturated carbocycles. The highest BCUT2D eigenvalue weighted by molar-refractivity contribution is 5.87. The monoisotopic (exact) mass is 228 g/mol. The Hall–Kier alpha value is -2.56. The molecule has 2 N–H and O–H groups in total. The van der Waals surface area contributed by atoms with Crippen LogP contribution < -0.4 is 5.76 Å². The van der Waals surface area contributed by atoms with E-state index < -0.39 is 5.76 Å². The van der Waals surface area contributed by atoms with Crippen LogP contribution >= 0.6 is 0 Å². The Morgan fingerprint density at radius 3 is 2.65 bits per heavy atom. The molecule has 2 aromatic carbocycles. The molecule has 5 nitrogen and oxygen atoms in total. The molecule has 0 aliphatic carbocycles. The quantitative estimate of drug-likeness (QED) is 0.666. The van der Waals surface area contributed by atoms with Crippen molar-refractivity contribution in [2.24, 2.45) is 0 Å². The zero-order valence-electron chi connectivity index (χ0n) is 8.68. The minimum Gasteiger partial charge on any atom is -0.508 e. The topological polar surface area (TPSA) is 79.1 Å². The summed E-state index contributed by atoms with van der Waals surface area (Å²) in [6.45, 7) is 0. The smallest absolute Gasteiger partial charge is 0.439 e. The van der Waals surface area contributed by atoms with Crippen molar-refractivity contribution in [1.29, 1.82) is 0 Å². The Morgan fingerprint density at radius 2 is 1.88 bits per heavy atom. The first-order chi connectivity index (χ1) is 8.22. The van der Waals surface area contributed by atoms with Crippen LogP contribution in [-0.4, -0.2) is 15.2 Å². The van der Waals surface area contributed by atoms with Gasteiger partial charge in [-0.2, -0.15) is 0 Å². The van der Waals surface area contributed by atoms with E-state index in [0.29, 0.717) is 5.82 Å². The van der Waals surface area contributed by atoms with Crippen LogP contribution in [0.15, 0.2) is 45.7 Å². The first kappa shape index (κ1) is 9.65. The molecule has 0 spiro atoms. The molecule has 0 aliphatic heterocycles. The van der Waals surface area contributed by atoms with Gasteiger partial charge in [0.1, 0.15) is 5.75 Å². The normalized spacial score (nSPS) is 10.8. The van der Waals surface area contributed by atoms with Gasteiger partial charge in [0.15, 0.2) is 5.82 Å². The summed E-state index contributed by atoms with van der Waals surface area (Å²) in [5.41, 5.74) is 0.758. The molecule has 1 aromatic heterocycles. The fourth-order valence-electron chi connectivity index (χ4n) is 1.73. The molecule has 0 unspecified atom stereocenters. The van der Waals surface area contributed by atoms with Crippen molar-refractivity contribution >= 4 is 10.8 Å². The van der Waals surface area contributed by atoms with Crippen LogP contribution in [0.3, 0.4) is 0 Å². The Balaban J connectivity index is 2.20. The average Bonchev–Trinajstić information content (AvgIpc) is 2.75. The van der Waals surface area contributed by atoms with Gasteiger partial charge < -0.3 is 5.11 Å². The maximum absolute atomic E-state index is 10.9. The second-order valence-corrected chi connectivity index (χ2v) is 3.69. The van der Waals surface area contributed by atoms with Crippen LogP contribution in [0, 0.1) is 0 Å². The van der Waals surface area contributed by atoms with Crippen molar-refractivity contribution in [1.82, 2.24) is 10.1 Å². The summed E-state index contributed by atoms with van der Waals surface area (Å²) in [7, 11) is 0. The van der Waals surface area contributed by atoms with E-state index in [4.69, 9.17) is 0 Å². The summed E-state index contributed by atoms with van der Waals surface area (Å²) in [6.07, 6.45) is 0. The molecular weight excluding hydrogens is 220 g/mol. The van der Waals surface area contributed by atoms with E-state index in [1.165, 1.54) is 0 Å². The third kappa shape index (κ3) is 1.67. The maximum Gasteiger partial charge on any atom is 0.439 e. The van der Waals surface area contributed by atoms with Crippen LogP contribution in [0.1, 0.15) is 0 Å². The first-order valence-electron chi connectivity index (χ1n) is 5.01. The lowest BCUT2D eigenvalue weighted by Gasteiger charge is -2.00. The maximum atomic E-state index is 10.9. The van der Waals surface area contributed by atoms with Crippen molar-refractivity contribution in [3.63, 3.8) is 0 Å². The van der Waals surface area contributed by atoms with Gasteiger partial charge in [0.25, 0.3) is 0 Å². The van der Waals surface area contributed by atoms with E-state index in [-0.39, 0.29) is 5.75 Å². The number of phenols is 1. The van der Waals surface area contributed by atoms with Crippen LogP contribution in [0.4, 0.5) is 0 Å². The van der Waals surface area contributed by atoms with E-state index in [9.17, 15) is 9.90 Å². The van der Waals surface area contributed by atoms with Crippen molar-refractivity contribution in [3.05, 3.63) is 46.9 Å². The lowest BCUT2D eigenvalue weighted by molar-refractivity contribution is 0.388. The van der Waals surface area contributed by atoms with E-state index in [0.717, 1.165) is 16.3 Å². The lowest BCUT2D eigenvalue weighted by atomic mass is 10.1. The highest BCUT2D eigenvalue weighted by Crippen LogP contribution is 2.24. The van der Waals surface area contributed by atoms with Gasteiger partial charge in [0.2, 0.25) is 0 Å². The van der Waals surface area contributed by atoms with Gasteiger partial charge >= 0.3 is 5.76 Å². The fraction of sp³-hybridized carbons (Fsp3) is 0. The van der Waals surface area contributed by atoms with Gasteiger partial charge in [-0.3, -0.25) is 9.51 Å². The zero-order chi connectivity index (χ0) is 11.8. The van der Waals surface area contributed by atoms with Crippen LogP contribution in [0.25, 0.3) is 22.2 Å². The highest BCUT2D eigenvalue weighted by atomic mass is 16.5. The Labute approximate surface area is 95.3 Å². The lowest BCUT2D eigenvalue weighted by Crippen LogP contribution is -1.94. The summed E-state index contributed by atoms with van der Waals surface area (Å²) in [4.78, 5) is 13.3. The molecular formula is C12H8N2O3. The molecule has 5 heteroatoms. The largest absolute Gasteiger partial charge is 0.508 e. The summed E-state index contributed by atoms with van der Waals surface area (Å²) in [5, 5.41) is 14.8. The van der Waals surface area contributed by atoms with Crippen LogP contribution in [-0.2, 0) is 0 Å². The first-order valence-corrected chi connectivity index (χ1v) is 5.01. The minimum absolute atomic E-state index is 0.222. The number of hydrogen-bond donors (Lipinski definition) is 2. The van der Waals surface area contributed by atoms with E-state index in [1.54, 1.807) is 24.3 Å². The predicted molar refractivity (Wildman–Crippen MR) is 61.7 cm³/mol. The Morgan fingerprint density at radius 1 is 1.12 bits per heavy atom. The van der Waals surface area contributed by atoms with E-state index >= 15 is 0 Å². The molecule has 0 atom stereocenters. The van der Waals surface area contributed by atoms with Gasteiger partial charge in [-0.05, 0) is 29.0 Å². The van der Waals surface area contributed by atoms with Gasteiger partial charge in [-0.1, -0.05) is 23.4 Å². The van der Waals surface area contributed by atoms with Gasteiger partial charge in [-0.15, -0.1) is 0 Å². The molecule has 0 bridgehead atoms. The molecule has 17 heavy (non-hydrogen) atoms. The SMILES string of the molecule is O=c1[nH]c(-c2ccc3cc(O)ccc3c2)no1. The third-order valence-corrected chi connectivity index (χ3v) is 2.54. The molecule has 84 valence electrons. The number of rotatable bonds is 1. The van der Waals surface area contributed by atoms with Gasteiger partial charge in [0.05, 0.1) is 0 Å². The number of aromatic nitrogens is 2. The van der Waals surface area contributed by atoms with Gasteiger partial charge in [-0.25, -0.2) is 4.79 Å². The van der Waals surface area contributed by atoms with Gasteiger partial charge in [0, 0.05) is 5.56 Å². The number of nitrogens with zero attached hydrogens (tertiary/aromatic N) is 1. The summed E-state index contributed by atoms with van der Waals surface area (Å²) >= 11 is 0. The molecule has 3 aromatic rings. The number of hydrogen-bond acceptors (Lipinski definition) is 4. The number of H-pyrrole nitrogens is 1. The standard InChI is InChI=1S/C12H8N2O3/c15-10-4-3-7-5-9(2-1-8(7)6-10)11-13-12(16)17-14-11/h1-6,15H,(H,13,14,16). The molecule has 0 saturated heterocycles. The zero-order valence-corrected chi connectivity index (χ0v) is 8.68.